The Hall–Kier alpha value is 0.274. The molecule has 0 saturated carbocycles. The van der Waals surface area contributed by atoms with Crippen LogP contribution in [0.15, 0.2) is 0 Å². The van der Waals surface area contributed by atoms with E-state index >= 15 is 0 Å². The molecule has 42 valence electrons. The molecule has 7 heavy (non-hydrogen) atoms. The SMILES string of the molecule is CCCO.[O]=[Ti]=[O]. The van der Waals surface area contributed by atoms with E-state index in [1.54, 1.807) is 0 Å². The van der Waals surface area contributed by atoms with Gasteiger partial charge in [-0.1, -0.05) is 6.92 Å². The van der Waals surface area contributed by atoms with Crippen LogP contribution in [0.1, 0.15) is 13.3 Å². The minimum absolute atomic E-state index is 0.319. The third-order valence-electron chi connectivity index (χ3n) is 0.224. The molecule has 0 bridgehead atoms. The van der Waals surface area contributed by atoms with Crippen molar-refractivity contribution in [3.8, 4) is 0 Å². The summed E-state index contributed by atoms with van der Waals surface area (Å²) in [5.74, 6) is 0. The summed E-state index contributed by atoms with van der Waals surface area (Å²) in [4.78, 5) is 0. The van der Waals surface area contributed by atoms with Crippen molar-refractivity contribution >= 4 is 0 Å². The maximum absolute atomic E-state index is 8.50. The van der Waals surface area contributed by atoms with Crippen molar-refractivity contribution in [2.75, 3.05) is 6.61 Å². The molecule has 0 spiro atoms. The van der Waals surface area contributed by atoms with Gasteiger partial charge in [-0.05, 0) is 6.42 Å². The Morgan fingerprint density at radius 3 is 1.71 bits per heavy atom. The molecular weight excluding hydrogens is 132 g/mol. The van der Waals surface area contributed by atoms with Crippen LogP contribution in [0.4, 0.5) is 0 Å². The van der Waals surface area contributed by atoms with Gasteiger partial charge in [0.25, 0.3) is 0 Å². The first-order chi connectivity index (χ1) is 3.33. The Kier molecular flexibility index (Phi) is 23.9. The van der Waals surface area contributed by atoms with Gasteiger partial charge in [0.2, 0.25) is 0 Å². The molecule has 0 aromatic heterocycles. The summed E-state index contributed by atoms with van der Waals surface area (Å²) < 4.78 is 17.0. The molecule has 4 heteroatoms. The third-order valence-corrected chi connectivity index (χ3v) is 0.224. The molecule has 0 atom stereocenters. The van der Waals surface area contributed by atoms with E-state index < -0.39 is 19.1 Å². The first-order valence-corrected chi connectivity index (χ1v) is 3.21. The number of hydrogen-bond donors (Lipinski definition) is 1. The molecule has 0 aromatic rings. The molecule has 0 unspecified atom stereocenters. The molecule has 0 fully saturated rings. The molecule has 0 aliphatic carbocycles. The Bertz CT molecular complexity index is 46.1. The van der Waals surface area contributed by atoms with Crippen LogP contribution in [0.25, 0.3) is 0 Å². The molecule has 0 heterocycles. The topological polar surface area (TPSA) is 54.4 Å². The standard InChI is InChI=1S/C3H8O.2O.Ti/c1-2-3-4;;;/h4H,2-3H2,1H3;;;. The van der Waals surface area contributed by atoms with Crippen molar-refractivity contribution in [1.82, 2.24) is 0 Å². The molecule has 0 aliphatic rings. The van der Waals surface area contributed by atoms with Gasteiger partial charge in [0.15, 0.2) is 0 Å². The average Bonchev–Trinajstić information content (AvgIpc) is 1.69. The minimum atomic E-state index is -2.00. The summed E-state index contributed by atoms with van der Waals surface area (Å²) in [5.41, 5.74) is 0. The molecule has 0 aromatic carbocycles. The normalized spacial score (nSPS) is 5.43. The van der Waals surface area contributed by atoms with Crippen LogP contribution >= 0.6 is 0 Å². The zero-order valence-corrected chi connectivity index (χ0v) is 5.74. The van der Waals surface area contributed by atoms with E-state index in [2.05, 4.69) is 0 Å². The van der Waals surface area contributed by atoms with Crippen molar-refractivity contribution in [2.45, 2.75) is 13.3 Å². The third kappa shape index (κ3) is 70.6. The second-order valence-corrected chi connectivity index (χ2v) is 1.07. The van der Waals surface area contributed by atoms with Crippen molar-refractivity contribution in [3.63, 3.8) is 0 Å². The molecule has 1 N–H and O–H groups in total. The molecule has 0 saturated heterocycles. The van der Waals surface area contributed by atoms with Crippen LogP contribution in [0, 0.1) is 0 Å². The molecule has 0 amide bonds. The zero-order valence-electron chi connectivity index (χ0n) is 4.18. The molecule has 3 nitrogen and oxygen atoms in total. The van der Waals surface area contributed by atoms with Crippen molar-refractivity contribution in [2.24, 2.45) is 0 Å². The van der Waals surface area contributed by atoms with Crippen molar-refractivity contribution in [3.05, 3.63) is 0 Å². The number of aliphatic hydroxyl groups excluding tert-OH is 1. The average molecular weight is 140 g/mol. The van der Waals surface area contributed by atoms with E-state index in [1.165, 1.54) is 0 Å². The summed E-state index contributed by atoms with van der Waals surface area (Å²) >= 11 is -2.00. The van der Waals surface area contributed by atoms with Crippen LogP contribution in [-0.2, 0) is 25.7 Å². The van der Waals surface area contributed by atoms with Crippen LogP contribution in [0.2, 0.25) is 0 Å². The van der Waals surface area contributed by atoms with E-state index in [-0.39, 0.29) is 0 Å². The van der Waals surface area contributed by atoms with Gasteiger partial charge in [0.05, 0.1) is 0 Å². The predicted octanol–water partition coefficient (Wildman–Crippen LogP) is 0.149. The van der Waals surface area contributed by atoms with Crippen molar-refractivity contribution < 1.29 is 30.8 Å². The van der Waals surface area contributed by atoms with E-state index in [0.29, 0.717) is 6.61 Å². The van der Waals surface area contributed by atoms with Crippen LogP contribution in [0.5, 0.6) is 0 Å². The molecule has 0 rings (SSSR count). The van der Waals surface area contributed by atoms with Gasteiger partial charge >= 0.3 is 25.7 Å². The first kappa shape index (κ1) is 10.3. The summed E-state index contributed by atoms with van der Waals surface area (Å²) in [6.07, 6.45) is 0.875. The fraction of sp³-hybridized carbons (Fsp3) is 1.00. The van der Waals surface area contributed by atoms with Gasteiger partial charge in [-0.15, -0.1) is 0 Å². The molecule has 0 aliphatic heterocycles. The molecular formula is C3H8O3Ti. The fourth-order valence-electron chi connectivity index (χ4n) is 0. The van der Waals surface area contributed by atoms with Crippen molar-refractivity contribution in [1.29, 1.82) is 0 Å². The number of hydrogen-bond acceptors (Lipinski definition) is 3. The van der Waals surface area contributed by atoms with Crippen LogP contribution in [-0.4, -0.2) is 11.7 Å². The Labute approximate surface area is 51.3 Å². The summed E-state index contributed by atoms with van der Waals surface area (Å²) in [6, 6.07) is 0. The maximum atomic E-state index is 8.50. The Morgan fingerprint density at radius 2 is 1.71 bits per heavy atom. The number of rotatable bonds is 1. The second-order valence-electron chi connectivity index (χ2n) is 0.807. The Morgan fingerprint density at radius 1 is 1.57 bits per heavy atom. The van der Waals surface area contributed by atoms with Crippen LogP contribution in [0.3, 0.4) is 0 Å². The number of aliphatic hydroxyl groups is 1. The van der Waals surface area contributed by atoms with E-state index in [4.69, 9.17) is 11.8 Å². The van der Waals surface area contributed by atoms with E-state index in [9.17, 15) is 0 Å². The van der Waals surface area contributed by atoms with Gasteiger partial charge in [0.1, 0.15) is 0 Å². The fourth-order valence-corrected chi connectivity index (χ4v) is 0. The van der Waals surface area contributed by atoms with Gasteiger partial charge in [0, 0.05) is 6.61 Å². The summed E-state index contributed by atoms with van der Waals surface area (Å²) in [5, 5.41) is 7.88. The molecule has 0 radical (unpaired) electrons. The van der Waals surface area contributed by atoms with E-state index in [1.807, 2.05) is 6.92 Å². The van der Waals surface area contributed by atoms with Crippen LogP contribution < -0.4 is 0 Å². The summed E-state index contributed by atoms with van der Waals surface area (Å²) in [7, 11) is 0. The van der Waals surface area contributed by atoms with Gasteiger partial charge < -0.3 is 5.11 Å². The Balaban J connectivity index is 0. The monoisotopic (exact) mass is 140 g/mol. The van der Waals surface area contributed by atoms with Gasteiger partial charge in [-0.2, -0.15) is 0 Å². The van der Waals surface area contributed by atoms with E-state index in [0.717, 1.165) is 6.42 Å². The second kappa shape index (κ2) is 16.3. The summed E-state index contributed by atoms with van der Waals surface area (Å²) in [6.45, 7) is 2.25. The quantitative estimate of drug-likeness (QED) is 0.527. The van der Waals surface area contributed by atoms with Gasteiger partial charge in [-0.25, -0.2) is 0 Å². The zero-order chi connectivity index (χ0) is 6.12. The predicted molar refractivity (Wildman–Crippen MR) is 18.7 cm³/mol. The first-order valence-electron chi connectivity index (χ1n) is 1.93. The van der Waals surface area contributed by atoms with Gasteiger partial charge in [-0.3, -0.25) is 0 Å².